The fourth-order valence-corrected chi connectivity index (χ4v) is 1.74. The van der Waals surface area contributed by atoms with Gasteiger partial charge in [0.05, 0.1) is 17.5 Å². The van der Waals surface area contributed by atoms with Crippen LogP contribution in [0.25, 0.3) is 10.4 Å². The van der Waals surface area contributed by atoms with Gasteiger partial charge in [-0.2, -0.15) is 0 Å². The summed E-state index contributed by atoms with van der Waals surface area (Å²) < 4.78 is 5.07. The Morgan fingerprint density at radius 3 is 2.54 bits per heavy atom. The molecule has 0 radical (unpaired) electrons. The zero-order chi connectivity index (χ0) is 9.10. The lowest BCUT2D eigenvalue weighted by molar-refractivity contribution is 0.415. The first-order valence-electron chi connectivity index (χ1n) is 3.93. The smallest absolute Gasteiger partial charge is 0.118 e. The predicted molar refractivity (Wildman–Crippen MR) is 54.1 cm³/mol. The molecule has 0 fully saturated rings. The summed E-state index contributed by atoms with van der Waals surface area (Å²) in [7, 11) is 1.67. The highest BCUT2D eigenvalue weighted by Gasteiger charge is 1.98. The highest BCUT2D eigenvalue weighted by atomic mass is 32.1. The van der Waals surface area contributed by atoms with Gasteiger partial charge in [-0.3, -0.25) is 4.98 Å². The van der Waals surface area contributed by atoms with E-state index in [1.165, 1.54) is 10.4 Å². The van der Waals surface area contributed by atoms with E-state index in [1.54, 1.807) is 18.4 Å². The van der Waals surface area contributed by atoms with Crippen molar-refractivity contribution in [2.75, 3.05) is 7.11 Å². The number of hydrogen-bond donors (Lipinski definition) is 0. The Bertz CT molecular complexity index is 366. The molecule has 0 bridgehead atoms. The van der Waals surface area contributed by atoms with Crippen LogP contribution in [0.4, 0.5) is 0 Å². The summed E-state index contributed by atoms with van der Waals surface area (Å²) in [5, 5.41) is 0. The van der Waals surface area contributed by atoms with Crippen LogP contribution in [0, 0.1) is 0 Å². The molecule has 0 amide bonds. The van der Waals surface area contributed by atoms with Crippen LogP contribution in [0.15, 0.2) is 36.0 Å². The molecule has 1 aromatic carbocycles. The molecule has 2 nitrogen and oxygen atoms in total. The molecule has 0 aliphatic rings. The van der Waals surface area contributed by atoms with E-state index in [9.17, 15) is 0 Å². The van der Waals surface area contributed by atoms with Crippen LogP contribution in [0.1, 0.15) is 0 Å². The number of methoxy groups -OCH3 is 1. The predicted octanol–water partition coefficient (Wildman–Crippen LogP) is 2.82. The first-order valence-corrected chi connectivity index (χ1v) is 4.81. The van der Waals surface area contributed by atoms with Gasteiger partial charge in [0.2, 0.25) is 0 Å². The lowest BCUT2D eigenvalue weighted by atomic mass is 10.2. The average molecular weight is 191 g/mol. The van der Waals surface area contributed by atoms with Gasteiger partial charge in [-0.1, -0.05) is 0 Å². The van der Waals surface area contributed by atoms with E-state index in [1.807, 2.05) is 36.0 Å². The van der Waals surface area contributed by atoms with Crippen LogP contribution in [-0.2, 0) is 0 Å². The Morgan fingerprint density at radius 1 is 1.23 bits per heavy atom. The third-order valence-corrected chi connectivity index (χ3v) is 2.63. The van der Waals surface area contributed by atoms with Crippen molar-refractivity contribution in [2.45, 2.75) is 0 Å². The second kappa shape index (κ2) is 3.58. The molecule has 66 valence electrons. The normalized spacial score (nSPS) is 9.92. The molecule has 0 saturated heterocycles. The second-order valence-electron chi connectivity index (χ2n) is 2.59. The Kier molecular flexibility index (Phi) is 2.27. The molecule has 0 N–H and O–H groups in total. The summed E-state index contributed by atoms with van der Waals surface area (Å²) in [4.78, 5) is 5.21. The van der Waals surface area contributed by atoms with Crippen molar-refractivity contribution in [1.29, 1.82) is 0 Å². The topological polar surface area (TPSA) is 22.1 Å². The quantitative estimate of drug-likeness (QED) is 0.728. The Balaban J connectivity index is 2.33. The van der Waals surface area contributed by atoms with Crippen molar-refractivity contribution in [3.8, 4) is 16.2 Å². The summed E-state index contributed by atoms with van der Waals surface area (Å²) >= 11 is 1.64. The largest absolute Gasteiger partial charge is 0.497 e. The molecule has 2 aromatic rings. The van der Waals surface area contributed by atoms with Crippen molar-refractivity contribution in [1.82, 2.24) is 4.98 Å². The van der Waals surface area contributed by atoms with E-state index < -0.39 is 0 Å². The number of ether oxygens (including phenoxy) is 1. The van der Waals surface area contributed by atoms with Crippen LogP contribution in [0.2, 0.25) is 0 Å². The van der Waals surface area contributed by atoms with E-state index in [-0.39, 0.29) is 0 Å². The molecule has 1 heterocycles. The minimum absolute atomic E-state index is 0.883. The van der Waals surface area contributed by atoms with Crippen molar-refractivity contribution < 1.29 is 4.74 Å². The van der Waals surface area contributed by atoms with Crippen molar-refractivity contribution in [2.24, 2.45) is 0 Å². The maximum Gasteiger partial charge on any atom is 0.118 e. The summed E-state index contributed by atoms with van der Waals surface area (Å²) in [5.74, 6) is 0.883. The summed E-state index contributed by atoms with van der Waals surface area (Å²) in [5.41, 5.74) is 3.02. The van der Waals surface area contributed by atoms with Crippen LogP contribution in [0.5, 0.6) is 5.75 Å². The highest BCUT2D eigenvalue weighted by molar-refractivity contribution is 7.13. The maximum absolute atomic E-state index is 5.07. The molecule has 0 unspecified atom stereocenters. The molecule has 0 saturated carbocycles. The van der Waals surface area contributed by atoms with Crippen LogP contribution >= 0.6 is 11.3 Å². The molecule has 0 aliphatic heterocycles. The Hall–Kier alpha value is -1.35. The molecular weight excluding hydrogens is 182 g/mol. The molecule has 1 aromatic heterocycles. The monoisotopic (exact) mass is 191 g/mol. The van der Waals surface area contributed by atoms with Gasteiger partial charge in [-0.15, -0.1) is 11.3 Å². The number of hydrogen-bond acceptors (Lipinski definition) is 3. The SMILES string of the molecule is COc1ccc(-c2cncs2)cc1. The molecule has 0 atom stereocenters. The van der Waals surface area contributed by atoms with Crippen molar-refractivity contribution >= 4 is 11.3 Å². The lowest BCUT2D eigenvalue weighted by Gasteiger charge is -1.99. The summed E-state index contributed by atoms with van der Waals surface area (Å²) in [6, 6.07) is 7.98. The summed E-state index contributed by atoms with van der Waals surface area (Å²) in [6.07, 6.45) is 1.87. The standard InChI is InChI=1S/C10H9NOS/c1-12-9-4-2-8(3-5-9)10-6-11-7-13-10/h2-7H,1H3. The molecular formula is C10H9NOS. The fraction of sp³-hybridized carbons (Fsp3) is 0.100. The van der Waals surface area contributed by atoms with Crippen LogP contribution in [0.3, 0.4) is 0 Å². The minimum Gasteiger partial charge on any atom is -0.497 e. The van der Waals surface area contributed by atoms with Gasteiger partial charge >= 0.3 is 0 Å². The van der Waals surface area contributed by atoms with E-state index in [0.717, 1.165) is 5.75 Å². The third-order valence-electron chi connectivity index (χ3n) is 1.81. The van der Waals surface area contributed by atoms with Crippen molar-refractivity contribution in [3.63, 3.8) is 0 Å². The van der Waals surface area contributed by atoms with Gasteiger partial charge < -0.3 is 4.74 Å². The molecule has 0 spiro atoms. The first kappa shape index (κ1) is 8.26. The number of aromatic nitrogens is 1. The number of rotatable bonds is 2. The fourth-order valence-electron chi connectivity index (χ4n) is 1.11. The second-order valence-corrected chi connectivity index (χ2v) is 3.48. The van der Waals surface area contributed by atoms with Gasteiger partial charge in [-0.25, -0.2) is 0 Å². The van der Waals surface area contributed by atoms with E-state index in [4.69, 9.17) is 4.74 Å². The first-order chi connectivity index (χ1) is 6.40. The Labute approximate surface area is 80.8 Å². The van der Waals surface area contributed by atoms with E-state index in [2.05, 4.69) is 4.98 Å². The lowest BCUT2D eigenvalue weighted by Crippen LogP contribution is -1.81. The van der Waals surface area contributed by atoms with Gasteiger partial charge in [0, 0.05) is 6.20 Å². The van der Waals surface area contributed by atoms with Crippen molar-refractivity contribution in [3.05, 3.63) is 36.0 Å². The van der Waals surface area contributed by atoms with Gasteiger partial charge in [0.1, 0.15) is 5.75 Å². The zero-order valence-corrected chi connectivity index (χ0v) is 8.04. The number of benzene rings is 1. The van der Waals surface area contributed by atoms with Gasteiger partial charge in [0.15, 0.2) is 0 Å². The van der Waals surface area contributed by atoms with E-state index in [0.29, 0.717) is 0 Å². The highest BCUT2D eigenvalue weighted by Crippen LogP contribution is 2.24. The van der Waals surface area contributed by atoms with Gasteiger partial charge in [-0.05, 0) is 29.8 Å². The van der Waals surface area contributed by atoms with Crippen LogP contribution in [-0.4, -0.2) is 12.1 Å². The maximum atomic E-state index is 5.07. The Morgan fingerprint density at radius 2 is 2.00 bits per heavy atom. The average Bonchev–Trinajstić information content (AvgIpc) is 2.71. The molecule has 0 aliphatic carbocycles. The minimum atomic E-state index is 0.883. The molecule has 2 rings (SSSR count). The molecule has 3 heteroatoms. The molecule has 13 heavy (non-hydrogen) atoms. The van der Waals surface area contributed by atoms with E-state index >= 15 is 0 Å². The zero-order valence-electron chi connectivity index (χ0n) is 7.23. The number of thiazole rings is 1. The third kappa shape index (κ3) is 1.70. The van der Waals surface area contributed by atoms with Gasteiger partial charge in [0.25, 0.3) is 0 Å². The van der Waals surface area contributed by atoms with Crippen LogP contribution < -0.4 is 4.74 Å². The number of nitrogens with zero attached hydrogens (tertiary/aromatic N) is 1. The summed E-state index contributed by atoms with van der Waals surface area (Å²) in [6.45, 7) is 0.